The summed E-state index contributed by atoms with van der Waals surface area (Å²) in [5, 5.41) is 15.6. The Morgan fingerprint density at radius 2 is 2.04 bits per heavy atom. The summed E-state index contributed by atoms with van der Waals surface area (Å²) >= 11 is 0. The maximum absolute atomic E-state index is 12.4. The first-order valence-electron chi connectivity index (χ1n) is 6.96. The Morgan fingerprint density at radius 1 is 1.35 bits per heavy atom. The Kier molecular flexibility index (Phi) is 3.66. The second-order valence-corrected chi connectivity index (χ2v) is 7.57. The van der Waals surface area contributed by atoms with Crippen molar-refractivity contribution in [2.24, 2.45) is 7.05 Å². The third kappa shape index (κ3) is 2.96. The first-order valence-corrected chi connectivity index (χ1v) is 8.78. The quantitative estimate of drug-likeness (QED) is 0.885. The molecule has 0 bridgehead atoms. The maximum atomic E-state index is 12.4. The van der Waals surface area contributed by atoms with Crippen LogP contribution in [0.3, 0.4) is 0 Å². The molecule has 1 N–H and O–H groups in total. The zero-order valence-electron chi connectivity index (χ0n) is 12.4. The van der Waals surface area contributed by atoms with Crippen LogP contribution in [0.2, 0.25) is 0 Å². The van der Waals surface area contributed by atoms with Gasteiger partial charge in [0.15, 0.2) is 15.5 Å². The van der Waals surface area contributed by atoms with Gasteiger partial charge in [-0.3, -0.25) is 9.48 Å². The molecule has 1 aliphatic heterocycles. The standard InChI is InChI=1S/C15H14N4O3S/c1-19-13-6-7-23(21,22)9-12(13)14(18-19)15(20)17-11-4-2-10(8-16)3-5-11/h2-5H,6-7,9H2,1H3,(H,17,20). The molecule has 2 heterocycles. The third-order valence-corrected chi connectivity index (χ3v) is 5.33. The number of nitrogens with zero attached hydrogens (tertiary/aromatic N) is 3. The Hall–Kier alpha value is -2.66. The van der Waals surface area contributed by atoms with Crippen LogP contribution in [-0.2, 0) is 29.1 Å². The number of fused-ring (bicyclic) bond motifs is 1. The number of aryl methyl sites for hydroxylation is 1. The first kappa shape index (κ1) is 15.2. The molecule has 0 aliphatic carbocycles. The number of anilines is 1. The fraction of sp³-hybridized carbons (Fsp3) is 0.267. The van der Waals surface area contributed by atoms with Crippen molar-refractivity contribution < 1.29 is 13.2 Å². The van der Waals surface area contributed by atoms with Crippen molar-refractivity contribution in [3.8, 4) is 6.07 Å². The molecule has 2 aromatic rings. The largest absolute Gasteiger partial charge is 0.321 e. The Labute approximate surface area is 133 Å². The lowest BCUT2D eigenvalue weighted by atomic mass is 10.1. The van der Waals surface area contributed by atoms with Crippen LogP contribution in [-0.4, -0.2) is 29.9 Å². The maximum Gasteiger partial charge on any atom is 0.276 e. The van der Waals surface area contributed by atoms with Crippen LogP contribution >= 0.6 is 0 Å². The van der Waals surface area contributed by atoms with E-state index >= 15 is 0 Å². The number of hydrogen-bond donors (Lipinski definition) is 1. The van der Waals surface area contributed by atoms with Gasteiger partial charge in [0.25, 0.3) is 5.91 Å². The van der Waals surface area contributed by atoms with Gasteiger partial charge in [0.2, 0.25) is 0 Å². The molecule has 118 valence electrons. The highest BCUT2D eigenvalue weighted by atomic mass is 32.2. The number of amides is 1. The highest BCUT2D eigenvalue weighted by Crippen LogP contribution is 2.24. The minimum atomic E-state index is -3.19. The summed E-state index contributed by atoms with van der Waals surface area (Å²) in [7, 11) is -1.49. The van der Waals surface area contributed by atoms with Gasteiger partial charge in [-0.15, -0.1) is 0 Å². The van der Waals surface area contributed by atoms with E-state index in [0.29, 0.717) is 23.2 Å². The molecule has 1 amide bonds. The number of carbonyl (C=O) groups excluding carboxylic acids is 1. The summed E-state index contributed by atoms with van der Waals surface area (Å²) in [6.07, 6.45) is 0.366. The van der Waals surface area contributed by atoms with E-state index in [-0.39, 0.29) is 17.2 Å². The molecule has 7 nitrogen and oxygen atoms in total. The van der Waals surface area contributed by atoms with Gasteiger partial charge < -0.3 is 5.32 Å². The second kappa shape index (κ2) is 5.52. The molecule has 1 aromatic carbocycles. The third-order valence-electron chi connectivity index (χ3n) is 3.78. The monoisotopic (exact) mass is 330 g/mol. The zero-order chi connectivity index (χ0) is 16.6. The molecule has 0 saturated carbocycles. The van der Waals surface area contributed by atoms with Crippen molar-refractivity contribution in [2.45, 2.75) is 12.2 Å². The number of hydrogen-bond acceptors (Lipinski definition) is 5. The first-order chi connectivity index (χ1) is 10.9. The van der Waals surface area contributed by atoms with E-state index in [1.54, 1.807) is 36.0 Å². The summed E-state index contributed by atoms with van der Waals surface area (Å²) in [4.78, 5) is 12.4. The number of carbonyl (C=O) groups is 1. The predicted octanol–water partition coefficient (Wildman–Crippen LogP) is 1.01. The molecular formula is C15H14N4O3S. The highest BCUT2D eigenvalue weighted by molar-refractivity contribution is 7.90. The predicted molar refractivity (Wildman–Crippen MR) is 83.5 cm³/mol. The lowest BCUT2D eigenvalue weighted by Crippen LogP contribution is -2.22. The number of sulfone groups is 1. The van der Waals surface area contributed by atoms with Gasteiger partial charge in [-0.05, 0) is 24.3 Å². The van der Waals surface area contributed by atoms with E-state index < -0.39 is 15.7 Å². The summed E-state index contributed by atoms with van der Waals surface area (Å²) in [6, 6.07) is 8.41. The molecule has 0 atom stereocenters. The number of benzene rings is 1. The van der Waals surface area contributed by atoms with E-state index in [1.165, 1.54) is 0 Å². The fourth-order valence-corrected chi connectivity index (χ4v) is 4.00. The van der Waals surface area contributed by atoms with Gasteiger partial charge in [-0.2, -0.15) is 10.4 Å². The van der Waals surface area contributed by atoms with Crippen LogP contribution < -0.4 is 5.32 Å². The van der Waals surface area contributed by atoms with Gasteiger partial charge in [0.05, 0.1) is 23.1 Å². The van der Waals surface area contributed by atoms with Crippen molar-refractivity contribution in [3.05, 3.63) is 46.8 Å². The summed E-state index contributed by atoms with van der Waals surface area (Å²) in [5.41, 5.74) is 2.40. The molecule has 0 radical (unpaired) electrons. The summed E-state index contributed by atoms with van der Waals surface area (Å²) in [6.45, 7) is 0. The molecule has 0 fully saturated rings. The van der Waals surface area contributed by atoms with E-state index in [9.17, 15) is 13.2 Å². The van der Waals surface area contributed by atoms with Crippen LogP contribution in [0.4, 0.5) is 5.69 Å². The van der Waals surface area contributed by atoms with Gasteiger partial charge in [-0.1, -0.05) is 0 Å². The molecule has 1 aliphatic rings. The fourth-order valence-electron chi connectivity index (χ4n) is 2.61. The van der Waals surface area contributed by atoms with Gasteiger partial charge >= 0.3 is 0 Å². The average molecular weight is 330 g/mol. The summed E-state index contributed by atoms with van der Waals surface area (Å²) < 4.78 is 25.2. The lowest BCUT2D eigenvalue weighted by Gasteiger charge is -2.13. The lowest BCUT2D eigenvalue weighted by molar-refractivity contribution is 0.102. The number of nitrogens with one attached hydrogen (secondary N) is 1. The van der Waals surface area contributed by atoms with E-state index in [4.69, 9.17) is 5.26 Å². The molecule has 0 spiro atoms. The zero-order valence-corrected chi connectivity index (χ0v) is 13.2. The van der Waals surface area contributed by atoms with Crippen molar-refractivity contribution >= 4 is 21.4 Å². The highest BCUT2D eigenvalue weighted by Gasteiger charge is 2.30. The second-order valence-electron chi connectivity index (χ2n) is 5.38. The average Bonchev–Trinajstić information content (AvgIpc) is 2.83. The van der Waals surface area contributed by atoms with Crippen LogP contribution in [0.5, 0.6) is 0 Å². The molecular weight excluding hydrogens is 316 g/mol. The molecule has 3 rings (SSSR count). The number of nitriles is 1. The van der Waals surface area contributed by atoms with Crippen molar-refractivity contribution in [1.82, 2.24) is 9.78 Å². The van der Waals surface area contributed by atoms with E-state index in [1.807, 2.05) is 6.07 Å². The van der Waals surface area contributed by atoms with Crippen LogP contribution in [0.15, 0.2) is 24.3 Å². The van der Waals surface area contributed by atoms with E-state index in [0.717, 1.165) is 5.69 Å². The molecule has 1 aromatic heterocycles. The van der Waals surface area contributed by atoms with Gasteiger partial charge in [-0.25, -0.2) is 8.42 Å². The number of rotatable bonds is 2. The van der Waals surface area contributed by atoms with Crippen molar-refractivity contribution in [3.63, 3.8) is 0 Å². The van der Waals surface area contributed by atoms with E-state index in [2.05, 4.69) is 10.4 Å². The van der Waals surface area contributed by atoms with Crippen molar-refractivity contribution in [2.75, 3.05) is 11.1 Å². The van der Waals surface area contributed by atoms with Crippen LogP contribution in [0, 0.1) is 11.3 Å². The minimum Gasteiger partial charge on any atom is -0.321 e. The minimum absolute atomic E-state index is 0.0796. The number of aromatic nitrogens is 2. The van der Waals surface area contributed by atoms with Crippen LogP contribution in [0.1, 0.15) is 27.3 Å². The Balaban J connectivity index is 1.90. The topological polar surface area (TPSA) is 105 Å². The summed E-state index contributed by atoms with van der Waals surface area (Å²) in [5.74, 6) is -0.536. The molecule has 0 saturated heterocycles. The molecule has 23 heavy (non-hydrogen) atoms. The Bertz CT molecular complexity index is 921. The normalized spacial score (nSPS) is 15.5. The van der Waals surface area contributed by atoms with Crippen molar-refractivity contribution in [1.29, 1.82) is 5.26 Å². The Morgan fingerprint density at radius 3 is 2.70 bits per heavy atom. The smallest absolute Gasteiger partial charge is 0.276 e. The van der Waals surface area contributed by atoms with Gasteiger partial charge in [0.1, 0.15) is 0 Å². The molecule has 0 unspecified atom stereocenters. The molecule has 8 heteroatoms. The van der Waals surface area contributed by atoms with Crippen LogP contribution in [0.25, 0.3) is 0 Å². The SMILES string of the molecule is Cn1nc(C(=O)Nc2ccc(C#N)cc2)c2c1CCS(=O)(=O)C2. The van der Waals surface area contributed by atoms with Gasteiger partial charge in [0, 0.05) is 30.4 Å².